The number of benzene rings is 1. The lowest BCUT2D eigenvalue weighted by molar-refractivity contribution is 0.204. The lowest BCUT2D eigenvalue weighted by atomic mass is 10.2. The number of rotatable bonds is 3. The Bertz CT molecular complexity index is 363. The lowest BCUT2D eigenvalue weighted by Crippen LogP contribution is -2.40. The number of hydrogen-bond donors (Lipinski definition) is 2. The first-order valence-electron chi connectivity index (χ1n) is 5.35. The molecule has 4 heteroatoms. The van der Waals surface area contributed by atoms with Crippen molar-refractivity contribution < 1.29 is 4.79 Å². The van der Waals surface area contributed by atoms with Crippen LogP contribution in [0.25, 0.3) is 0 Å². The summed E-state index contributed by atoms with van der Waals surface area (Å²) >= 11 is 0. The Labute approximate surface area is 96.4 Å². The first kappa shape index (κ1) is 12.4. The fourth-order valence-corrected chi connectivity index (χ4v) is 1.36. The van der Waals surface area contributed by atoms with Gasteiger partial charge in [0.15, 0.2) is 0 Å². The van der Waals surface area contributed by atoms with Gasteiger partial charge in [-0.25, -0.2) is 4.79 Å². The molecule has 88 valence electrons. The minimum atomic E-state index is -0.0850. The van der Waals surface area contributed by atoms with E-state index in [4.69, 9.17) is 5.73 Å². The standard InChI is InChI=1S/C12H19N3O/c1-9(2)14-12(16)15(3)8-10-6-4-5-7-11(10)13/h4-7,9H,8,13H2,1-3H3,(H,14,16). The monoisotopic (exact) mass is 221 g/mol. The molecule has 16 heavy (non-hydrogen) atoms. The van der Waals surface area contributed by atoms with Crippen molar-refractivity contribution in [2.24, 2.45) is 0 Å². The van der Waals surface area contributed by atoms with E-state index >= 15 is 0 Å². The molecule has 0 aliphatic carbocycles. The molecule has 0 saturated heterocycles. The second kappa shape index (κ2) is 5.39. The minimum absolute atomic E-state index is 0.0850. The zero-order valence-electron chi connectivity index (χ0n) is 10.0. The van der Waals surface area contributed by atoms with Crippen molar-refractivity contribution in [2.45, 2.75) is 26.4 Å². The summed E-state index contributed by atoms with van der Waals surface area (Å²) < 4.78 is 0. The fourth-order valence-electron chi connectivity index (χ4n) is 1.36. The number of nitrogen functional groups attached to an aromatic ring is 1. The zero-order chi connectivity index (χ0) is 12.1. The van der Waals surface area contributed by atoms with Crippen LogP contribution in [0.2, 0.25) is 0 Å². The van der Waals surface area contributed by atoms with Crippen LogP contribution in [0, 0.1) is 0 Å². The summed E-state index contributed by atoms with van der Waals surface area (Å²) in [5, 5.41) is 2.83. The van der Waals surface area contributed by atoms with Crippen molar-refractivity contribution in [3.63, 3.8) is 0 Å². The van der Waals surface area contributed by atoms with Crippen LogP contribution in [0.4, 0.5) is 10.5 Å². The van der Waals surface area contributed by atoms with E-state index in [0.717, 1.165) is 5.56 Å². The molecule has 0 aromatic heterocycles. The van der Waals surface area contributed by atoms with E-state index in [0.29, 0.717) is 12.2 Å². The molecule has 0 unspecified atom stereocenters. The molecule has 0 spiro atoms. The lowest BCUT2D eigenvalue weighted by Gasteiger charge is -2.20. The van der Waals surface area contributed by atoms with Crippen LogP contribution in [-0.2, 0) is 6.54 Å². The van der Waals surface area contributed by atoms with Gasteiger partial charge in [-0.05, 0) is 25.5 Å². The summed E-state index contributed by atoms with van der Waals surface area (Å²) in [4.78, 5) is 13.3. The number of urea groups is 1. The van der Waals surface area contributed by atoms with Crippen LogP contribution >= 0.6 is 0 Å². The number of nitrogens with one attached hydrogen (secondary N) is 1. The number of nitrogens with two attached hydrogens (primary N) is 1. The highest BCUT2D eigenvalue weighted by Crippen LogP contribution is 2.12. The number of amides is 2. The summed E-state index contributed by atoms with van der Waals surface area (Å²) in [6, 6.07) is 7.62. The van der Waals surface area contributed by atoms with Crippen molar-refractivity contribution in [2.75, 3.05) is 12.8 Å². The van der Waals surface area contributed by atoms with Gasteiger partial charge in [-0.3, -0.25) is 0 Å². The topological polar surface area (TPSA) is 58.4 Å². The Morgan fingerprint density at radius 1 is 1.44 bits per heavy atom. The average Bonchev–Trinajstić information content (AvgIpc) is 2.20. The third kappa shape index (κ3) is 3.46. The first-order chi connectivity index (χ1) is 7.50. The van der Waals surface area contributed by atoms with Crippen molar-refractivity contribution >= 4 is 11.7 Å². The highest BCUT2D eigenvalue weighted by atomic mass is 16.2. The van der Waals surface area contributed by atoms with E-state index in [1.54, 1.807) is 11.9 Å². The van der Waals surface area contributed by atoms with E-state index in [1.165, 1.54) is 0 Å². The molecule has 0 atom stereocenters. The highest BCUT2D eigenvalue weighted by Gasteiger charge is 2.10. The molecule has 2 amide bonds. The fraction of sp³-hybridized carbons (Fsp3) is 0.417. The number of hydrogen-bond acceptors (Lipinski definition) is 2. The smallest absolute Gasteiger partial charge is 0.317 e. The van der Waals surface area contributed by atoms with E-state index in [-0.39, 0.29) is 12.1 Å². The van der Waals surface area contributed by atoms with Gasteiger partial charge >= 0.3 is 6.03 Å². The van der Waals surface area contributed by atoms with Gasteiger partial charge in [0.05, 0.1) is 0 Å². The average molecular weight is 221 g/mol. The second-order valence-corrected chi connectivity index (χ2v) is 4.16. The maximum Gasteiger partial charge on any atom is 0.317 e. The molecule has 0 bridgehead atoms. The maximum atomic E-state index is 11.6. The third-order valence-electron chi connectivity index (χ3n) is 2.22. The van der Waals surface area contributed by atoms with Gasteiger partial charge in [0.25, 0.3) is 0 Å². The van der Waals surface area contributed by atoms with Crippen molar-refractivity contribution in [3.05, 3.63) is 29.8 Å². The molecule has 0 saturated carbocycles. The number of anilines is 1. The highest BCUT2D eigenvalue weighted by molar-refractivity contribution is 5.74. The second-order valence-electron chi connectivity index (χ2n) is 4.16. The number of carbonyl (C=O) groups excluding carboxylic acids is 1. The number of carbonyl (C=O) groups is 1. The summed E-state index contributed by atoms with van der Waals surface area (Å²) in [6.07, 6.45) is 0. The predicted molar refractivity (Wildman–Crippen MR) is 66.0 cm³/mol. The maximum absolute atomic E-state index is 11.6. The molecule has 0 fully saturated rings. The molecular formula is C12H19N3O. The quantitative estimate of drug-likeness (QED) is 0.765. The minimum Gasteiger partial charge on any atom is -0.398 e. The normalized spacial score (nSPS) is 10.2. The summed E-state index contributed by atoms with van der Waals surface area (Å²) in [5.74, 6) is 0. The molecule has 4 nitrogen and oxygen atoms in total. The van der Waals surface area contributed by atoms with Gasteiger partial charge in [0, 0.05) is 25.3 Å². The molecule has 0 aliphatic rings. The van der Waals surface area contributed by atoms with E-state index in [1.807, 2.05) is 38.1 Å². The summed E-state index contributed by atoms with van der Waals surface area (Å²) in [5.41, 5.74) is 7.49. The molecule has 1 rings (SSSR count). The Hall–Kier alpha value is -1.71. The van der Waals surface area contributed by atoms with Crippen molar-refractivity contribution in [1.29, 1.82) is 0 Å². The van der Waals surface area contributed by atoms with Crippen LogP contribution < -0.4 is 11.1 Å². The van der Waals surface area contributed by atoms with Gasteiger partial charge in [0.2, 0.25) is 0 Å². The van der Waals surface area contributed by atoms with E-state index < -0.39 is 0 Å². The Morgan fingerprint density at radius 2 is 2.06 bits per heavy atom. The van der Waals surface area contributed by atoms with E-state index in [9.17, 15) is 4.79 Å². The van der Waals surface area contributed by atoms with Crippen LogP contribution in [0.5, 0.6) is 0 Å². The molecule has 0 radical (unpaired) electrons. The Balaban J connectivity index is 2.61. The van der Waals surface area contributed by atoms with Gasteiger partial charge in [-0.1, -0.05) is 18.2 Å². The van der Waals surface area contributed by atoms with Crippen LogP contribution in [0.1, 0.15) is 19.4 Å². The SMILES string of the molecule is CC(C)NC(=O)N(C)Cc1ccccc1N. The van der Waals surface area contributed by atoms with Crippen molar-refractivity contribution in [3.8, 4) is 0 Å². The van der Waals surface area contributed by atoms with Gasteiger partial charge in [-0.2, -0.15) is 0 Å². The first-order valence-corrected chi connectivity index (χ1v) is 5.35. The van der Waals surface area contributed by atoms with Crippen LogP contribution in [-0.4, -0.2) is 24.0 Å². The predicted octanol–water partition coefficient (Wildman–Crippen LogP) is 1.82. The van der Waals surface area contributed by atoms with Gasteiger partial charge < -0.3 is 16.0 Å². The van der Waals surface area contributed by atoms with Crippen LogP contribution in [0.3, 0.4) is 0 Å². The zero-order valence-corrected chi connectivity index (χ0v) is 10.0. The number of para-hydroxylation sites is 1. The molecule has 1 aromatic carbocycles. The van der Waals surface area contributed by atoms with Gasteiger partial charge in [0.1, 0.15) is 0 Å². The Morgan fingerprint density at radius 3 is 2.62 bits per heavy atom. The molecule has 1 aromatic rings. The molecule has 0 heterocycles. The van der Waals surface area contributed by atoms with Crippen molar-refractivity contribution in [1.82, 2.24) is 10.2 Å². The summed E-state index contributed by atoms with van der Waals surface area (Å²) in [6.45, 7) is 4.39. The molecular weight excluding hydrogens is 202 g/mol. The third-order valence-corrected chi connectivity index (χ3v) is 2.22. The largest absolute Gasteiger partial charge is 0.398 e. The number of nitrogens with zero attached hydrogens (tertiary/aromatic N) is 1. The molecule has 0 aliphatic heterocycles. The molecule has 3 N–H and O–H groups in total. The Kier molecular flexibility index (Phi) is 4.17. The van der Waals surface area contributed by atoms with Gasteiger partial charge in [-0.15, -0.1) is 0 Å². The van der Waals surface area contributed by atoms with E-state index in [2.05, 4.69) is 5.32 Å². The van der Waals surface area contributed by atoms with Crippen LogP contribution in [0.15, 0.2) is 24.3 Å². The summed E-state index contributed by atoms with van der Waals surface area (Å²) in [7, 11) is 1.75.